The van der Waals surface area contributed by atoms with Crippen molar-refractivity contribution >= 4 is 11.8 Å². The normalized spacial score (nSPS) is 32.2. The summed E-state index contributed by atoms with van der Waals surface area (Å²) in [6.45, 7) is 2.25. The monoisotopic (exact) mass is 175 g/mol. The van der Waals surface area contributed by atoms with Gasteiger partial charge in [0.05, 0.1) is 0 Å². The minimum absolute atomic E-state index is 0.588. The third-order valence-electron chi connectivity index (χ3n) is 2.71. The molecule has 0 radical (unpaired) electrons. The minimum Gasteiger partial charge on any atom is -0.230 e. The lowest BCUT2D eigenvalue weighted by molar-refractivity contribution is 0.275. The summed E-state index contributed by atoms with van der Waals surface area (Å²) < 4.78 is 0. The van der Waals surface area contributed by atoms with Gasteiger partial charge in [-0.25, -0.2) is 4.84 Å². The molecule has 0 unspecified atom stereocenters. The second-order valence-electron chi connectivity index (χ2n) is 3.55. The van der Waals surface area contributed by atoms with Crippen molar-refractivity contribution < 1.29 is 0 Å². The van der Waals surface area contributed by atoms with Crippen molar-refractivity contribution in [1.29, 1.82) is 0 Å². The summed E-state index contributed by atoms with van der Waals surface area (Å²) in [5, 5.41) is 0. The smallest absolute Gasteiger partial charge is 0.0249 e. The Hall–Kier alpha value is 0.250. The molecule has 0 aromatic heterocycles. The van der Waals surface area contributed by atoms with Crippen LogP contribution in [0.25, 0.3) is 0 Å². The fraction of sp³-hybridized carbons (Fsp3) is 1.00. The van der Waals surface area contributed by atoms with Crippen LogP contribution in [0.1, 0.15) is 45.4 Å². The van der Waals surface area contributed by atoms with Gasteiger partial charge in [0.15, 0.2) is 0 Å². The first kappa shape index (κ1) is 9.34. The first-order valence-corrected chi connectivity index (χ1v) is 5.12. The summed E-state index contributed by atoms with van der Waals surface area (Å²) in [6, 6.07) is 0.588. The van der Waals surface area contributed by atoms with Gasteiger partial charge in [-0.2, -0.15) is 0 Å². The Bertz CT molecular complexity index is 104. The number of hydrogen-bond donors (Lipinski definition) is 1. The van der Waals surface area contributed by atoms with E-state index in [-0.39, 0.29) is 0 Å². The molecule has 1 nitrogen and oxygen atoms in total. The molecule has 2 atom stereocenters. The van der Waals surface area contributed by atoms with Gasteiger partial charge in [-0.05, 0) is 37.0 Å². The lowest BCUT2D eigenvalue weighted by atomic mass is 9.82. The van der Waals surface area contributed by atoms with Crippen molar-refractivity contribution in [3.05, 3.63) is 0 Å². The number of nitrogens with one attached hydrogen (secondary N) is 1. The first-order valence-electron chi connectivity index (χ1n) is 4.74. The molecule has 2 heteroatoms. The third-order valence-corrected chi connectivity index (χ3v) is 2.99. The highest BCUT2D eigenvalue weighted by Crippen LogP contribution is 2.28. The molecule has 1 fully saturated rings. The molecule has 0 saturated heterocycles. The van der Waals surface area contributed by atoms with Gasteiger partial charge < -0.3 is 0 Å². The van der Waals surface area contributed by atoms with Crippen LogP contribution < -0.4 is 4.84 Å². The van der Waals surface area contributed by atoms with Gasteiger partial charge in [0.25, 0.3) is 0 Å². The topological polar surface area (TPSA) is 12.0 Å². The Labute approximate surface area is 74.6 Å². The quantitative estimate of drug-likeness (QED) is 0.651. The van der Waals surface area contributed by atoms with E-state index in [0.717, 1.165) is 5.92 Å². The van der Waals surface area contributed by atoms with E-state index in [1.165, 1.54) is 38.5 Å². The van der Waals surface area contributed by atoms with Gasteiger partial charge in [-0.3, -0.25) is 0 Å². The SMILES string of the molecule is CCC[C@@H]1CCCC[C@H]1NCl. The van der Waals surface area contributed by atoms with E-state index in [1.807, 2.05) is 0 Å². The molecule has 11 heavy (non-hydrogen) atoms. The van der Waals surface area contributed by atoms with E-state index in [0.29, 0.717) is 6.04 Å². The van der Waals surface area contributed by atoms with Gasteiger partial charge in [0.2, 0.25) is 0 Å². The highest BCUT2D eigenvalue weighted by molar-refractivity contribution is 6.13. The fourth-order valence-electron chi connectivity index (χ4n) is 2.07. The maximum Gasteiger partial charge on any atom is 0.0249 e. The molecular formula is C9H18ClN. The van der Waals surface area contributed by atoms with Crippen molar-refractivity contribution in [1.82, 2.24) is 4.84 Å². The van der Waals surface area contributed by atoms with Gasteiger partial charge in [0, 0.05) is 6.04 Å². The lowest BCUT2D eigenvalue weighted by Crippen LogP contribution is -2.33. The number of rotatable bonds is 3. The Morgan fingerprint density at radius 2 is 2.09 bits per heavy atom. The minimum atomic E-state index is 0.588. The maximum absolute atomic E-state index is 5.66. The molecule has 0 spiro atoms. The highest BCUT2D eigenvalue weighted by Gasteiger charge is 2.22. The highest BCUT2D eigenvalue weighted by atomic mass is 35.5. The fourth-order valence-corrected chi connectivity index (χ4v) is 2.35. The Kier molecular flexibility index (Phi) is 4.24. The number of halogens is 1. The van der Waals surface area contributed by atoms with Crippen LogP contribution in [0.15, 0.2) is 0 Å². The van der Waals surface area contributed by atoms with E-state index in [1.54, 1.807) is 0 Å². The van der Waals surface area contributed by atoms with Gasteiger partial charge in [0.1, 0.15) is 0 Å². The van der Waals surface area contributed by atoms with Crippen molar-refractivity contribution in [3.63, 3.8) is 0 Å². The van der Waals surface area contributed by atoms with Crippen molar-refractivity contribution in [3.8, 4) is 0 Å². The van der Waals surface area contributed by atoms with Gasteiger partial charge >= 0.3 is 0 Å². The van der Waals surface area contributed by atoms with Crippen molar-refractivity contribution in [2.75, 3.05) is 0 Å². The molecule has 0 amide bonds. The van der Waals surface area contributed by atoms with Crippen molar-refractivity contribution in [2.24, 2.45) is 5.92 Å². The molecule has 0 aromatic carbocycles. The molecule has 0 aromatic rings. The van der Waals surface area contributed by atoms with Crippen LogP contribution in [0.5, 0.6) is 0 Å². The molecule has 0 aliphatic heterocycles. The summed E-state index contributed by atoms with van der Waals surface area (Å²) >= 11 is 5.66. The van der Waals surface area contributed by atoms with Crippen LogP contribution in [-0.4, -0.2) is 6.04 Å². The van der Waals surface area contributed by atoms with E-state index in [9.17, 15) is 0 Å². The summed E-state index contributed by atoms with van der Waals surface area (Å²) in [7, 11) is 0. The Morgan fingerprint density at radius 3 is 2.73 bits per heavy atom. The molecular weight excluding hydrogens is 158 g/mol. The second-order valence-corrected chi connectivity index (χ2v) is 3.77. The molecule has 1 aliphatic rings. The predicted octanol–water partition coefficient (Wildman–Crippen LogP) is 3.09. The second kappa shape index (κ2) is 5.00. The molecule has 66 valence electrons. The molecule has 1 aliphatic carbocycles. The van der Waals surface area contributed by atoms with Crippen LogP contribution in [0, 0.1) is 5.92 Å². The van der Waals surface area contributed by atoms with E-state index < -0.39 is 0 Å². The van der Waals surface area contributed by atoms with Crippen LogP contribution >= 0.6 is 11.8 Å². The van der Waals surface area contributed by atoms with Gasteiger partial charge in [-0.15, -0.1) is 0 Å². The zero-order valence-electron chi connectivity index (χ0n) is 7.28. The lowest BCUT2D eigenvalue weighted by Gasteiger charge is -2.29. The zero-order chi connectivity index (χ0) is 8.10. The largest absolute Gasteiger partial charge is 0.230 e. The zero-order valence-corrected chi connectivity index (χ0v) is 8.03. The molecule has 1 saturated carbocycles. The standard InChI is InChI=1S/C9H18ClN/c1-2-5-8-6-3-4-7-9(8)11-10/h8-9,11H,2-7H2,1H3/t8-,9-/m1/s1. The van der Waals surface area contributed by atoms with Crippen molar-refractivity contribution in [2.45, 2.75) is 51.5 Å². The predicted molar refractivity (Wildman–Crippen MR) is 49.6 cm³/mol. The summed E-state index contributed by atoms with van der Waals surface area (Å²) in [6.07, 6.45) is 8.03. The van der Waals surface area contributed by atoms with E-state index >= 15 is 0 Å². The van der Waals surface area contributed by atoms with E-state index in [4.69, 9.17) is 11.8 Å². The maximum atomic E-state index is 5.66. The third kappa shape index (κ3) is 2.64. The summed E-state index contributed by atoms with van der Waals surface area (Å²) in [5.74, 6) is 0.839. The first-order chi connectivity index (χ1) is 5.38. The van der Waals surface area contributed by atoms with Crippen LogP contribution in [0.4, 0.5) is 0 Å². The van der Waals surface area contributed by atoms with E-state index in [2.05, 4.69) is 11.8 Å². The average molecular weight is 176 g/mol. The molecule has 1 rings (SSSR count). The summed E-state index contributed by atoms with van der Waals surface area (Å²) in [4.78, 5) is 2.91. The number of hydrogen-bond acceptors (Lipinski definition) is 1. The average Bonchev–Trinajstić information content (AvgIpc) is 2.06. The molecule has 0 bridgehead atoms. The van der Waals surface area contributed by atoms with Crippen LogP contribution in [0.2, 0.25) is 0 Å². The molecule has 0 heterocycles. The Morgan fingerprint density at radius 1 is 1.36 bits per heavy atom. The summed E-state index contributed by atoms with van der Waals surface area (Å²) in [5.41, 5.74) is 0. The van der Waals surface area contributed by atoms with Crippen LogP contribution in [0.3, 0.4) is 0 Å². The van der Waals surface area contributed by atoms with Crippen LogP contribution in [-0.2, 0) is 0 Å². The Balaban J connectivity index is 2.31. The molecule has 1 N–H and O–H groups in total. The van der Waals surface area contributed by atoms with Gasteiger partial charge in [-0.1, -0.05) is 26.2 Å².